The topological polar surface area (TPSA) is 58.2 Å². The smallest absolute Gasteiger partial charge is 0.315 e. The van der Waals surface area contributed by atoms with Crippen molar-refractivity contribution in [2.75, 3.05) is 5.32 Å². The van der Waals surface area contributed by atoms with Crippen LogP contribution in [0, 0.1) is 0 Å². The molecule has 16 heavy (non-hydrogen) atoms. The predicted octanol–water partition coefficient (Wildman–Crippen LogP) is 2.54. The van der Waals surface area contributed by atoms with E-state index in [1.54, 1.807) is 37.3 Å². The average Bonchev–Trinajstić information content (AvgIpc) is 2.26. The second-order valence-corrected chi connectivity index (χ2v) is 3.24. The van der Waals surface area contributed by atoms with E-state index in [0.29, 0.717) is 11.3 Å². The monoisotopic (exact) mass is 218 g/mol. The van der Waals surface area contributed by atoms with Crippen LogP contribution >= 0.6 is 0 Å². The molecule has 0 spiro atoms. The Hall–Kier alpha value is -2.10. The molecule has 1 rings (SSSR count). The SMILES string of the molecule is C/C=C/NC(=O)Nc1cccc(C(C)=O)c1. The number of urea groups is 1. The number of Topliss-reactive ketones (excluding diaryl/α,β-unsaturated/α-hetero) is 1. The summed E-state index contributed by atoms with van der Waals surface area (Å²) in [5.74, 6) is -0.0301. The number of anilines is 1. The second-order valence-electron chi connectivity index (χ2n) is 3.24. The second kappa shape index (κ2) is 5.70. The Labute approximate surface area is 94.4 Å². The van der Waals surface area contributed by atoms with Crippen molar-refractivity contribution >= 4 is 17.5 Å². The number of allylic oxidation sites excluding steroid dienone is 1. The Morgan fingerprint density at radius 3 is 2.69 bits per heavy atom. The summed E-state index contributed by atoms with van der Waals surface area (Å²) in [5, 5.41) is 5.13. The fraction of sp³-hybridized carbons (Fsp3) is 0.167. The summed E-state index contributed by atoms with van der Waals surface area (Å²) in [6, 6.07) is 6.46. The number of hydrogen-bond donors (Lipinski definition) is 2. The Bertz CT molecular complexity index is 425. The van der Waals surface area contributed by atoms with E-state index in [4.69, 9.17) is 0 Å². The highest BCUT2D eigenvalue weighted by Gasteiger charge is 2.02. The van der Waals surface area contributed by atoms with Crippen LogP contribution in [0.4, 0.5) is 10.5 Å². The van der Waals surface area contributed by atoms with Crippen LogP contribution in [0.3, 0.4) is 0 Å². The van der Waals surface area contributed by atoms with E-state index in [0.717, 1.165) is 0 Å². The molecular formula is C12H14N2O2. The van der Waals surface area contributed by atoms with Gasteiger partial charge < -0.3 is 10.6 Å². The van der Waals surface area contributed by atoms with Gasteiger partial charge in [0.15, 0.2) is 5.78 Å². The van der Waals surface area contributed by atoms with E-state index in [2.05, 4.69) is 10.6 Å². The molecule has 1 aromatic carbocycles. The van der Waals surface area contributed by atoms with Crippen molar-refractivity contribution in [2.45, 2.75) is 13.8 Å². The summed E-state index contributed by atoms with van der Waals surface area (Å²) in [5.41, 5.74) is 1.17. The van der Waals surface area contributed by atoms with Crippen molar-refractivity contribution in [3.63, 3.8) is 0 Å². The number of hydrogen-bond acceptors (Lipinski definition) is 2. The molecule has 0 aliphatic heterocycles. The largest absolute Gasteiger partial charge is 0.323 e. The average molecular weight is 218 g/mol. The molecule has 4 heteroatoms. The molecule has 2 amide bonds. The highest BCUT2D eigenvalue weighted by molar-refractivity contribution is 5.96. The van der Waals surface area contributed by atoms with Gasteiger partial charge in [-0.15, -0.1) is 0 Å². The first-order valence-electron chi connectivity index (χ1n) is 4.93. The van der Waals surface area contributed by atoms with Crippen molar-refractivity contribution in [3.8, 4) is 0 Å². The molecule has 2 N–H and O–H groups in total. The number of ketones is 1. The molecular weight excluding hydrogens is 204 g/mol. The highest BCUT2D eigenvalue weighted by Crippen LogP contribution is 2.10. The standard InChI is InChI=1S/C12H14N2O2/c1-3-7-13-12(16)14-11-6-4-5-10(8-11)9(2)15/h3-8H,1-2H3,(H2,13,14,16)/b7-3+. The predicted molar refractivity (Wildman–Crippen MR) is 63.4 cm³/mol. The number of rotatable bonds is 3. The highest BCUT2D eigenvalue weighted by atomic mass is 16.2. The van der Waals surface area contributed by atoms with E-state index >= 15 is 0 Å². The molecule has 0 unspecified atom stereocenters. The van der Waals surface area contributed by atoms with E-state index in [9.17, 15) is 9.59 Å². The lowest BCUT2D eigenvalue weighted by Crippen LogP contribution is -2.23. The van der Waals surface area contributed by atoms with E-state index in [1.165, 1.54) is 13.1 Å². The minimum Gasteiger partial charge on any atom is -0.315 e. The van der Waals surface area contributed by atoms with Crippen molar-refractivity contribution in [1.29, 1.82) is 0 Å². The minimum absolute atomic E-state index is 0.0301. The number of carbonyl (C=O) groups is 2. The van der Waals surface area contributed by atoms with Crippen LogP contribution in [-0.2, 0) is 0 Å². The normalized spacial score (nSPS) is 10.1. The number of carbonyl (C=O) groups excluding carboxylic acids is 2. The molecule has 0 aliphatic carbocycles. The van der Waals surface area contributed by atoms with Crippen LogP contribution in [0.1, 0.15) is 24.2 Å². The summed E-state index contributed by atoms with van der Waals surface area (Å²) in [7, 11) is 0. The third-order valence-corrected chi connectivity index (χ3v) is 1.91. The van der Waals surface area contributed by atoms with E-state index in [1.807, 2.05) is 0 Å². The van der Waals surface area contributed by atoms with Gasteiger partial charge in [-0.05, 0) is 26.0 Å². The van der Waals surface area contributed by atoms with Gasteiger partial charge in [0.25, 0.3) is 0 Å². The molecule has 0 aromatic heterocycles. The van der Waals surface area contributed by atoms with Crippen LogP contribution in [0.25, 0.3) is 0 Å². The quantitative estimate of drug-likeness (QED) is 0.766. The van der Waals surface area contributed by atoms with Crippen molar-refractivity contribution in [1.82, 2.24) is 5.32 Å². The minimum atomic E-state index is -0.334. The molecule has 0 aliphatic rings. The van der Waals surface area contributed by atoms with Gasteiger partial charge in [0.05, 0.1) is 0 Å². The van der Waals surface area contributed by atoms with Crippen LogP contribution in [0.15, 0.2) is 36.5 Å². The number of amides is 2. The molecule has 0 radical (unpaired) electrons. The summed E-state index contributed by atoms with van der Waals surface area (Å²) in [6.45, 7) is 3.29. The molecule has 0 saturated carbocycles. The van der Waals surface area contributed by atoms with Gasteiger partial charge >= 0.3 is 6.03 Å². The maximum absolute atomic E-state index is 11.3. The van der Waals surface area contributed by atoms with Gasteiger partial charge in [-0.25, -0.2) is 4.79 Å². The molecule has 84 valence electrons. The first kappa shape index (κ1) is 12.0. The zero-order valence-corrected chi connectivity index (χ0v) is 9.28. The molecule has 4 nitrogen and oxygen atoms in total. The molecule has 0 saturated heterocycles. The Kier molecular flexibility index (Phi) is 4.27. The number of nitrogens with one attached hydrogen (secondary N) is 2. The summed E-state index contributed by atoms with van der Waals surface area (Å²) in [6.07, 6.45) is 3.25. The molecule has 0 atom stereocenters. The fourth-order valence-electron chi connectivity index (χ4n) is 1.14. The lowest BCUT2D eigenvalue weighted by Gasteiger charge is -2.05. The van der Waals surface area contributed by atoms with Crippen LogP contribution in [0.2, 0.25) is 0 Å². The van der Waals surface area contributed by atoms with Crippen molar-refractivity contribution in [2.24, 2.45) is 0 Å². The third-order valence-electron chi connectivity index (χ3n) is 1.91. The maximum atomic E-state index is 11.3. The molecule has 0 heterocycles. The Morgan fingerprint density at radius 1 is 1.31 bits per heavy atom. The van der Waals surface area contributed by atoms with Crippen LogP contribution in [0.5, 0.6) is 0 Å². The third kappa shape index (κ3) is 3.57. The lowest BCUT2D eigenvalue weighted by molar-refractivity contribution is 0.101. The first-order chi connectivity index (χ1) is 7.63. The molecule has 0 bridgehead atoms. The van der Waals surface area contributed by atoms with Crippen LogP contribution in [-0.4, -0.2) is 11.8 Å². The summed E-state index contributed by atoms with van der Waals surface area (Å²) < 4.78 is 0. The first-order valence-corrected chi connectivity index (χ1v) is 4.93. The van der Waals surface area contributed by atoms with Crippen molar-refractivity contribution in [3.05, 3.63) is 42.1 Å². The Balaban J connectivity index is 2.70. The van der Waals surface area contributed by atoms with Gasteiger partial charge in [0.2, 0.25) is 0 Å². The zero-order valence-electron chi connectivity index (χ0n) is 9.28. The van der Waals surface area contributed by atoms with Gasteiger partial charge in [-0.1, -0.05) is 18.2 Å². The van der Waals surface area contributed by atoms with E-state index in [-0.39, 0.29) is 11.8 Å². The van der Waals surface area contributed by atoms with E-state index < -0.39 is 0 Å². The summed E-state index contributed by atoms with van der Waals surface area (Å²) >= 11 is 0. The fourth-order valence-corrected chi connectivity index (χ4v) is 1.14. The van der Waals surface area contributed by atoms with Gasteiger partial charge in [-0.2, -0.15) is 0 Å². The van der Waals surface area contributed by atoms with Gasteiger partial charge in [0.1, 0.15) is 0 Å². The van der Waals surface area contributed by atoms with Crippen molar-refractivity contribution < 1.29 is 9.59 Å². The van der Waals surface area contributed by atoms with Gasteiger partial charge in [-0.3, -0.25) is 4.79 Å². The maximum Gasteiger partial charge on any atom is 0.323 e. The zero-order chi connectivity index (χ0) is 12.0. The molecule has 0 fully saturated rings. The number of benzene rings is 1. The van der Waals surface area contributed by atoms with Gasteiger partial charge in [0, 0.05) is 17.5 Å². The summed E-state index contributed by atoms with van der Waals surface area (Å²) in [4.78, 5) is 22.4. The lowest BCUT2D eigenvalue weighted by atomic mass is 10.1. The Morgan fingerprint density at radius 2 is 2.06 bits per heavy atom. The molecule has 1 aromatic rings. The van der Waals surface area contributed by atoms with Crippen LogP contribution < -0.4 is 10.6 Å².